The number of benzene rings is 2. The summed E-state index contributed by atoms with van der Waals surface area (Å²) in [6.45, 7) is 6.79. The Balaban J connectivity index is 1.45. The second kappa shape index (κ2) is 10.1. The van der Waals surface area contributed by atoms with E-state index < -0.39 is 10.0 Å². The van der Waals surface area contributed by atoms with Crippen molar-refractivity contribution in [2.24, 2.45) is 0 Å². The molecule has 2 fully saturated rings. The largest absolute Gasteiger partial charge is 0.336 e. The molecule has 2 saturated heterocycles. The molecule has 6 nitrogen and oxygen atoms in total. The standard InChI is InChI=1S/C25H33N3O3S/c1-21-11-12-23(32(30,31)28-13-7-2-3-8-14-28)19-24(21)25(29)27-17-15-26(16-18-27)20-22-9-5-4-6-10-22/h4-6,9-12,19H,2-3,7-8,13-18,20H2,1H3. The van der Waals surface area contributed by atoms with Gasteiger partial charge in [0.15, 0.2) is 0 Å². The van der Waals surface area contributed by atoms with Crippen LogP contribution in [0.1, 0.15) is 47.2 Å². The van der Waals surface area contributed by atoms with Gasteiger partial charge in [-0.2, -0.15) is 4.31 Å². The van der Waals surface area contributed by atoms with E-state index in [1.807, 2.05) is 30.0 Å². The molecule has 0 radical (unpaired) electrons. The fraction of sp³-hybridized carbons (Fsp3) is 0.480. The fourth-order valence-electron chi connectivity index (χ4n) is 4.54. The first-order chi connectivity index (χ1) is 15.4. The lowest BCUT2D eigenvalue weighted by atomic mass is 10.1. The van der Waals surface area contributed by atoms with E-state index in [4.69, 9.17) is 0 Å². The number of nitrogens with zero attached hydrogens (tertiary/aromatic N) is 3. The number of aryl methyl sites for hydroxylation is 1. The first-order valence-corrected chi connectivity index (χ1v) is 13.1. The number of hydrogen-bond donors (Lipinski definition) is 0. The summed E-state index contributed by atoms with van der Waals surface area (Å²) in [5.74, 6) is -0.0743. The van der Waals surface area contributed by atoms with Crippen LogP contribution < -0.4 is 0 Å². The molecule has 0 unspecified atom stereocenters. The SMILES string of the molecule is Cc1ccc(S(=O)(=O)N2CCCCCC2)cc1C(=O)N1CCN(Cc2ccccc2)CC1. The smallest absolute Gasteiger partial charge is 0.254 e. The van der Waals surface area contributed by atoms with Crippen LogP contribution in [-0.2, 0) is 16.6 Å². The Bertz CT molecular complexity index is 1020. The van der Waals surface area contributed by atoms with Gasteiger partial charge in [-0.25, -0.2) is 8.42 Å². The van der Waals surface area contributed by atoms with Gasteiger partial charge in [-0.1, -0.05) is 49.2 Å². The molecule has 2 aliphatic rings. The molecule has 172 valence electrons. The van der Waals surface area contributed by atoms with E-state index in [9.17, 15) is 13.2 Å². The van der Waals surface area contributed by atoms with E-state index >= 15 is 0 Å². The van der Waals surface area contributed by atoms with Crippen molar-refractivity contribution in [2.75, 3.05) is 39.3 Å². The van der Waals surface area contributed by atoms with Crippen LogP contribution in [0.25, 0.3) is 0 Å². The van der Waals surface area contributed by atoms with Gasteiger partial charge in [-0.05, 0) is 43.0 Å². The maximum Gasteiger partial charge on any atom is 0.254 e. The Morgan fingerprint density at radius 3 is 2.16 bits per heavy atom. The van der Waals surface area contributed by atoms with Crippen LogP contribution in [0.4, 0.5) is 0 Å². The maximum absolute atomic E-state index is 13.3. The van der Waals surface area contributed by atoms with Gasteiger partial charge in [0.25, 0.3) is 5.91 Å². The van der Waals surface area contributed by atoms with Crippen LogP contribution in [0, 0.1) is 6.92 Å². The first-order valence-electron chi connectivity index (χ1n) is 11.6. The Morgan fingerprint density at radius 2 is 1.50 bits per heavy atom. The van der Waals surface area contributed by atoms with Crippen LogP contribution in [0.2, 0.25) is 0 Å². The van der Waals surface area contributed by atoms with Gasteiger partial charge in [0.05, 0.1) is 4.90 Å². The topological polar surface area (TPSA) is 60.9 Å². The van der Waals surface area contributed by atoms with Crippen molar-refractivity contribution >= 4 is 15.9 Å². The molecule has 7 heteroatoms. The molecule has 0 atom stereocenters. The van der Waals surface area contributed by atoms with Crippen molar-refractivity contribution in [3.05, 3.63) is 65.2 Å². The zero-order valence-electron chi connectivity index (χ0n) is 18.9. The van der Waals surface area contributed by atoms with Gasteiger partial charge >= 0.3 is 0 Å². The monoisotopic (exact) mass is 455 g/mol. The Morgan fingerprint density at radius 1 is 0.844 bits per heavy atom. The van der Waals surface area contributed by atoms with Gasteiger partial charge < -0.3 is 4.90 Å². The predicted molar refractivity (Wildman–Crippen MR) is 126 cm³/mol. The summed E-state index contributed by atoms with van der Waals surface area (Å²) in [7, 11) is -3.58. The highest BCUT2D eigenvalue weighted by molar-refractivity contribution is 7.89. The van der Waals surface area contributed by atoms with E-state index in [-0.39, 0.29) is 10.8 Å². The van der Waals surface area contributed by atoms with Gasteiger partial charge in [-0.15, -0.1) is 0 Å². The van der Waals surface area contributed by atoms with Crippen LogP contribution in [0.3, 0.4) is 0 Å². The Kier molecular flexibility index (Phi) is 7.28. The van der Waals surface area contributed by atoms with Crippen LogP contribution in [0.5, 0.6) is 0 Å². The van der Waals surface area contributed by atoms with Crippen molar-refractivity contribution < 1.29 is 13.2 Å². The highest BCUT2D eigenvalue weighted by Gasteiger charge is 2.28. The lowest BCUT2D eigenvalue weighted by Gasteiger charge is -2.35. The zero-order valence-corrected chi connectivity index (χ0v) is 19.7. The average molecular weight is 456 g/mol. The number of hydrogen-bond acceptors (Lipinski definition) is 4. The number of amides is 1. The molecule has 0 aliphatic carbocycles. The summed E-state index contributed by atoms with van der Waals surface area (Å²) >= 11 is 0. The lowest BCUT2D eigenvalue weighted by Crippen LogP contribution is -2.48. The van der Waals surface area contributed by atoms with E-state index in [0.29, 0.717) is 31.7 Å². The molecule has 0 spiro atoms. The third-order valence-electron chi connectivity index (χ3n) is 6.55. The maximum atomic E-state index is 13.3. The quantitative estimate of drug-likeness (QED) is 0.692. The first kappa shape index (κ1) is 23.0. The molecular weight excluding hydrogens is 422 g/mol. The van der Waals surface area contributed by atoms with Gasteiger partial charge in [0, 0.05) is 51.4 Å². The normalized spacial score (nSPS) is 19.0. The molecule has 0 aromatic heterocycles. The summed E-state index contributed by atoms with van der Waals surface area (Å²) in [6, 6.07) is 15.4. The van der Waals surface area contributed by atoms with Gasteiger partial charge in [-0.3, -0.25) is 9.69 Å². The van der Waals surface area contributed by atoms with Crippen molar-refractivity contribution in [1.29, 1.82) is 0 Å². The molecule has 2 heterocycles. The third-order valence-corrected chi connectivity index (χ3v) is 8.45. The molecular formula is C25H33N3O3S. The minimum absolute atomic E-state index is 0.0743. The van der Waals surface area contributed by atoms with E-state index in [1.165, 1.54) is 5.56 Å². The molecule has 2 aliphatic heterocycles. The molecule has 0 bridgehead atoms. The third kappa shape index (κ3) is 5.22. The number of piperazine rings is 1. The highest BCUT2D eigenvalue weighted by atomic mass is 32.2. The van der Waals surface area contributed by atoms with E-state index in [0.717, 1.165) is 50.9 Å². The van der Waals surface area contributed by atoms with Crippen molar-refractivity contribution in [1.82, 2.24) is 14.1 Å². The molecule has 4 rings (SSSR count). The summed E-state index contributed by atoms with van der Waals surface area (Å²) in [6.07, 6.45) is 3.92. The second-order valence-electron chi connectivity index (χ2n) is 8.85. The summed E-state index contributed by atoms with van der Waals surface area (Å²) in [4.78, 5) is 17.7. The summed E-state index contributed by atoms with van der Waals surface area (Å²) < 4.78 is 28.0. The molecule has 32 heavy (non-hydrogen) atoms. The Labute approximate surface area is 191 Å². The van der Waals surface area contributed by atoms with Gasteiger partial charge in [0.1, 0.15) is 0 Å². The number of carbonyl (C=O) groups excluding carboxylic acids is 1. The van der Waals surface area contributed by atoms with Gasteiger partial charge in [0.2, 0.25) is 10.0 Å². The molecule has 1 amide bonds. The minimum Gasteiger partial charge on any atom is -0.336 e. The van der Waals surface area contributed by atoms with Crippen LogP contribution in [0.15, 0.2) is 53.4 Å². The van der Waals surface area contributed by atoms with Crippen LogP contribution in [-0.4, -0.2) is 67.7 Å². The molecule has 0 N–H and O–H groups in total. The second-order valence-corrected chi connectivity index (χ2v) is 10.8. The molecule has 2 aromatic rings. The molecule has 2 aromatic carbocycles. The van der Waals surface area contributed by atoms with Crippen molar-refractivity contribution in [2.45, 2.75) is 44.0 Å². The fourth-order valence-corrected chi connectivity index (χ4v) is 6.09. The molecule has 0 saturated carbocycles. The summed E-state index contributed by atoms with van der Waals surface area (Å²) in [5, 5.41) is 0. The lowest BCUT2D eigenvalue weighted by molar-refractivity contribution is 0.0627. The van der Waals surface area contributed by atoms with E-state index in [1.54, 1.807) is 22.5 Å². The van der Waals surface area contributed by atoms with Crippen molar-refractivity contribution in [3.8, 4) is 0 Å². The Hall–Kier alpha value is -2.22. The summed E-state index contributed by atoms with van der Waals surface area (Å²) in [5.41, 5.74) is 2.59. The highest BCUT2D eigenvalue weighted by Crippen LogP contribution is 2.24. The average Bonchev–Trinajstić information content (AvgIpc) is 3.10. The van der Waals surface area contributed by atoms with E-state index in [2.05, 4.69) is 17.0 Å². The zero-order chi connectivity index (χ0) is 22.6. The minimum atomic E-state index is -3.58. The number of carbonyl (C=O) groups is 1. The van der Waals surface area contributed by atoms with Crippen LogP contribution >= 0.6 is 0 Å². The number of rotatable bonds is 5. The number of sulfonamides is 1. The predicted octanol–water partition coefficient (Wildman–Crippen LogP) is 3.52. The van der Waals surface area contributed by atoms with Crippen molar-refractivity contribution in [3.63, 3.8) is 0 Å².